The van der Waals surface area contributed by atoms with Gasteiger partial charge < -0.3 is 10.4 Å². The van der Waals surface area contributed by atoms with Gasteiger partial charge in [0.1, 0.15) is 0 Å². The van der Waals surface area contributed by atoms with Crippen LogP contribution in [0.15, 0.2) is 18.2 Å². The van der Waals surface area contributed by atoms with Gasteiger partial charge in [-0.3, -0.25) is 0 Å². The van der Waals surface area contributed by atoms with Crippen molar-refractivity contribution >= 4 is 0 Å². The van der Waals surface area contributed by atoms with Crippen LogP contribution in [0.3, 0.4) is 0 Å². The van der Waals surface area contributed by atoms with E-state index in [2.05, 4.69) is 12.2 Å². The minimum atomic E-state index is -0.537. The number of phenolic OH excluding ortho intramolecular Hbond substituents is 1. The van der Waals surface area contributed by atoms with Crippen LogP contribution in [0, 0.1) is 11.7 Å². The first-order valence-corrected chi connectivity index (χ1v) is 6.92. The van der Waals surface area contributed by atoms with Crippen molar-refractivity contribution in [1.29, 1.82) is 0 Å². The van der Waals surface area contributed by atoms with Crippen molar-refractivity contribution in [2.75, 3.05) is 0 Å². The molecule has 2 atom stereocenters. The van der Waals surface area contributed by atoms with Crippen LogP contribution in [0.4, 0.5) is 4.39 Å². The Balaban J connectivity index is 1.96. The standard InChI is InChI=1S/C15H22FNO/c1-2-11-6-3-4-9-14(11)17-10-12-7-5-8-13(16)15(12)18/h5,7-8,11,14,17-18H,2-4,6,9-10H2,1H3. The molecule has 0 radical (unpaired) electrons. The Kier molecular flexibility index (Phi) is 4.59. The number of halogens is 1. The van der Waals surface area contributed by atoms with Crippen LogP contribution in [-0.4, -0.2) is 11.1 Å². The third-order valence-corrected chi connectivity index (χ3v) is 4.06. The highest BCUT2D eigenvalue weighted by molar-refractivity contribution is 5.33. The molecule has 0 bridgehead atoms. The highest BCUT2D eigenvalue weighted by Crippen LogP contribution is 2.28. The van der Waals surface area contributed by atoms with Crippen molar-refractivity contribution in [3.8, 4) is 5.75 Å². The fraction of sp³-hybridized carbons (Fsp3) is 0.600. The summed E-state index contributed by atoms with van der Waals surface area (Å²) < 4.78 is 13.2. The van der Waals surface area contributed by atoms with E-state index in [4.69, 9.17) is 0 Å². The summed E-state index contributed by atoms with van der Waals surface area (Å²) in [5, 5.41) is 13.1. The van der Waals surface area contributed by atoms with Crippen LogP contribution < -0.4 is 5.32 Å². The number of hydrogen-bond acceptors (Lipinski definition) is 2. The van der Waals surface area contributed by atoms with Gasteiger partial charge in [-0.15, -0.1) is 0 Å². The van der Waals surface area contributed by atoms with Crippen molar-refractivity contribution in [2.24, 2.45) is 5.92 Å². The number of rotatable bonds is 4. The lowest BCUT2D eigenvalue weighted by Crippen LogP contribution is -2.37. The van der Waals surface area contributed by atoms with Crippen molar-refractivity contribution < 1.29 is 9.50 Å². The van der Waals surface area contributed by atoms with Crippen LogP contribution in [-0.2, 0) is 6.54 Å². The van der Waals surface area contributed by atoms with Crippen LogP contribution in [0.25, 0.3) is 0 Å². The second kappa shape index (κ2) is 6.19. The number of phenols is 1. The van der Waals surface area contributed by atoms with Gasteiger partial charge in [-0.25, -0.2) is 4.39 Å². The van der Waals surface area contributed by atoms with E-state index in [-0.39, 0.29) is 5.75 Å². The van der Waals surface area contributed by atoms with Crippen LogP contribution in [0.1, 0.15) is 44.6 Å². The molecule has 2 unspecified atom stereocenters. The van der Waals surface area contributed by atoms with Crippen LogP contribution >= 0.6 is 0 Å². The maximum atomic E-state index is 13.2. The third kappa shape index (κ3) is 3.02. The minimum Gasteiger partial charge on any atom is -0.505 e. The first-order chi connectivity index (χ1) is 8.72. The van der Waals surface area contributed by atoms with E-state index in [1.54, 1.807) is 12.1 Å². The summed E-state index contributed by atoms with van der Waals surface area (Å²) in [6.07, 6.45) is 6.25. The molecule has 3 heteroatoms. The number of hydrogen-bond donors (Lipinski definition) is 2. The van der Waals surface area contributed by atoms with Crippen molar-refractivity contribution in [2.45, 2.75) is 51.6 Å². The SMILES string of the molecule is CCC1CCCCC1NCc1cccc(F)c1O. The van der Waals surface area contributed by atoms with E-state index in [0.717, 1.165) is 5.92 Å². The topological polar surface area (TPSA) is 32.3 Å². The normalized spacial score (nSPS) is 24.1. The molecule has 1 aromatic carbocycles. The van der Waals surface area contributed by atoms with E-state index in [1.807, 2.05) is 0 Å². The molecule has 1 fully saturated rings. The minimum absolute atomic E-state index is 0.214. The van der Waals surface area contributed by atoms with Crippen LogP contribution in [0.2, 0.25) is 0 Å². The molecule has 2 nitrogen and oxygen atoms in total. The molecule has 0 heterocycles. The smallest absolute Gasteiger partial charge is 0.165 e. The lowest BCUT2D eigenvalue weighted by molar-refractivity contribution is 0.253. The second-order valence-corrected chi connectivity index (χ2v) is 5.19. The van der Waals surface area contributed by atoms with E-state index >= 15 is 0 Å². The van der Waals surface area contributed by atoms with E-state index in [9.17, 15) is 9.50 Å². The number of para-hydroxylation sites is 1. The summed E-state index contributed by atoms with van der Waals surface area (Å²) in [4.78, 5) is 0. The maximum absolute atomic E-state index is 13.2. The molecule has 1 saturated carbocycles. The summed E-state index contributed by atoms with van der Waals surface area (Å²) in [7, 11) is 0. The summed E-state index contributed by atoms with van der Waals surface area (Å²) >= 11 is 0. The molecule has 0 saturated heterocycles. The summed E-state index contributed by atoms with van der Waals surface area (Å²) in [6.45, 7) is 2.77. The van der Waals surface area contributed by atoms with E-state index in [0.29, 0.717) is 18.2 Å². The van der Waals surface area contributed by atoms with Gasteiger partial charge in [0, 0.05) is 18.2 Å². The Morgan fingerprint density at radius 3 is 2.89 bits per heavy atom. The van der Waals surface area contributed by atoms with Gasteiger partial charge in [-0.05, 0) is 24.8 Å². The third-order valence-electron chi connectivity index (χ3n) is 4.06. The van der Waals surface area contributed by atoms with E-state index in [1.165, 1.54) is 38.2 Å². The molecule has 1 aromatic rings. The van der Waals surface area contributed by atoms with Gasteiger partial charge in [-0.2, -0.15) is 0 Å². The first-order valence-electron chi connectivity index (χ1n) is 6.92. The Morgan fingerprint density at radius 1 is 1.33 bits per heavy atom. The fourth-order valence-corrected chi connectivity index (χ4v) is 2.91. The highest BCUT2D eigenvalue weighted by Gasteiger charge is 2.23. The summed E-state index contributed by atoms with van der Waals surface area (Å²) in [5.74, 6) is -0.0340. The molecule has 18 heavy (non-hydrogen) atoms. The number of benzene rings is 1. The molecule has 2 rings (SSSR count). The first kappa shape index (κ1) is 13.3. The molecule has 0 amide bonds. The van der Waals surface area contributed by atoms with Crippen LogP contribution in [0.5, 0.6) is 5.75 Å². The Labute approximate surface area is 108 Å². The second-order valence-electron chi connectivity index (χ2n) is 5.19. The average molecular weight is 251 g/mol. The van der Waals surface area contributed by atoms with Gasteiger partial charge in [0.05, 0.1) is 0 Å². The monoisotopic (exact) mass is 251 g/mol. The van der Waals surface area contributed by atoms with Crippen molar-refractivity contribution in [3.63, 3.8) is 0 Å². The zero-order chi connectivity index (χ0) is 13.0. The number of nitrogens with one attached hydrogen (secondary N) is 1. The van der Waals surface area contributed by atoms with Crippen molar-refractivity contribution in [3.05, 3.63) is 29.6 Å². The van der Waals surface area contributed by atoms with Gasteiger partial charge in [0.15, 0.2) is 11.6 Å². The van der Waals surface area contributed by atoms with E-state index < -0.39 is 5.82 Å². The molecule has 1 aliphatic rings. The lowest BCUT2D eigenvalue weighted by Gasteiger charge is -2.31. The van der Waals surface area contributed by atoms with Gasteiger partial charge >= 0.3 is 0 Å². The largest absolute Gasteiger partial charge is 0.505 e. The molecule has 0 spiro atoms. The van der Waals surface area contributed by atoms with Gasteiger partial charge in [0.25, 0.3) is 0 Å². The highest BCUT2D eigenvalue weighted by atomic mass is 19.1. The Morgan fingerprint density at radius 2 is 2.11 bits per heavy atom. The molecular formula is C15H22FNO. The predicted molar refractivity (Wildman–Crippen MR) is 70.9 cm³/mol. The zero-order valence-corrected chi connectivity index (χ0v) is 11.0. The average Bonchev–Trinajstić information content (AvgIpc) is 2.41. The molecule has 100 valence electrons. The Bertz CT molecular complexity index is 394. The molecule has 0 aromatic heterocycles. The molecular weight excluding hydrogens is 229 g/mol. The van der Waals surface area contributed by atoms with Gasteiger partial charge in [0.2, 0.25) is 0 Å². The van der Waals surface area contributed by atoms with Gasteiger partial charge in [-0.1, -0.05) is 38.3 Å². The summed E-state index contributed by atoms with van der Waals surface area (Å²) in [6, 6.07) is 5.21. The number of aromatic hydroxyl groups is 1. The fourth-order valence-electron chi connectivity index (χ4n) is 2.91. The predicted octanol–water partition coefficient (Wildman–Crippen LogP) is 3.59. The molecule has 2 N–H and O–H groups in total. The maximum Gasteiger partial charge on any atom is 0.165 e. The zero-order valence-electron chi connectivity index (χ0n) is 11.0. The molecule has 0 aliphatic heterocycles. The lowest BCUT2D eigenvalue weighted by atomic mass is 9.83. The Hall–Kier alpha value is -1.09. The van der Waals surface area contributed by atoms with Crippen molar-refractivity contribution in [1.82, 2.24) is 5.32 Å². The molecule has 1 aliphatic carbocycles. The summed E-state index contributed by atoms with van der Waals surface area (Å²) in [5.41, 5.74) is 0.649. The quantitative estimate of drug-likeness (QED) is 0.857.